The Morgan fingerprint density at radius 2 is 1.50 bits per heavy atom. The molecule has 0 aliphatic carbocycles. The Morgan fingerprint density at radius 1 is 0.900 bits per heavy atom. The minimum atomic E-state index is -0.650. The largest absolute Gasteiger partial charge is 0.497 e. The first kappa shape index (κ1) is 23.6. The zero-order valence-electron chi connectivity index (χ0n) is 16.2. The SMILES string of the molecule is COc1ccc(SCCC(=O)OCC(=O)NNC(=O)COc2ccc(Br)cc2)cc1. The minimum Gasteiger partial charge on any atom is -0.497 e. The third-order valence-corrected chi connectivity index (χ3v) is 5.07. The zero-order valence-corrected chi connectivity index (χ0v) is 18.6. The molecule has 2 amide bonds. The number of benzene rings is 2. The molecule has 2 rings (SSSR count). The fourth-order valence-corrected chi connectivity index (χ4v) is 3.13. The molecule has 160 valence electrons. The Kier molecular flexibility index (Phi) is 10.0. The standard InChI is InChI=1S/C20H21BrN2O6S/c1-27-15-6-8-17(9-7-15)30-11-10-20(26)29-13-19(25)23-22-18(24)12-28-16-4-2-14(21)3-5-16/h2-9H,10-13H2,1H3,(H,22,24)(H,23,25). The molecule has 0 radical (unpaired) electrons. The van der Waals surface area contributed by atoms with Gasteiger partial charge in [0.2, 0.25) is 0 Å². The van der Waals surface area contributed by atoms with Crippen LogP contribution in [0.5, 0.6) is 11.5 Å². The molecule has 0 fully saturated rings. The lowest BCUT2D eigenvalue weighted by Crippen LogP contribution is -2.45. The van der Waals surface area contributed by atoms with Crippen molar-refractivity contribution in [2.24, 2.45) is 0 Å². The summed E-state index contributed by atoms with van der Waals surface area (Å²) in [7, 11) is 1.59. The molecule has 8 nitrogen and oxygen atoms in total. The lowest BCUT2D eigenvalue weighted by atomic mass is 10.3. The van der Waals surface area contributed by atoms with E-state index in [2.05, 4.69) is 26.8 Å². The summed E-state index contributed by atoms with van der Waals surface area (Å²) in [5.74, 6) is 0.0854. The summed E-state index contributed by atoms with van der Waals surface area (Å²) < 4.78 is 16.1. The van der Waals surface area contributed by atoms with Gasteiger partial charge in [-0.3, -0.25) is 25.2 Å². The average molecular weight is 497 g/mol. The molecule has 0 aliphatic heterocycles. The van der Waals surface area contributed by atoms with Gasteiger partial charge in [-0.05, 0) is 48.5 Å². The van der Waals surface area contributed by atoms with Crippen LogP contribution in [-0.2, 0) is 19.1 Å². The van der Waals surface area contributed by atoms with Gasteiger partial charge in [0.05, 0.1) is 13.5 Å². The number of thioether (sulfide) groups is 1. The van der Waals surface area contributed by atoms with Gasteiger partial charge in [-0.2, -0.15) is 0 Å². The van der Waals surface area contributed by atoms with E-state index in [1.165, 1.54) is 11.8 Å². The number of carbonyl (C=O) groups is 3. The molecule has 0 atom stereocenters. The number of esters is 1. The maximum atomic E-state index is 11.7. The molecule has 0 unspecified atom stereocenters. The minimum absolute atomic E-state index is 0.150. The van der Waals surface area contributed by atoms with E-state index in [0.717, 1.165) is 15.1 Å². The number of hydrogen-bond acceptors (Lipinski definition) is 7. The highest BCUT2D eigenvalue weighted by atomic mass is 79.9. The van der Waals surface area contributed by atoms with E-state index in [1.807, 2.05) is 24.3 Å². The average Bonchev–Trinajstić information content (AvgIpc) is 2.76. The number of nitrogens with one attached hydrogen (secondary N) is 2. The van der Waals surface area contributed by atoms with Crippen molar-refractivity contribution >= 4 is 45.5 Å². The van der Waals surface area contributed by atoms with Gasteiger partial charge in [0.15, 0.2) is 13.2 Å². The normalized spacial score (nSPS) is 10.1. The summed E-state index contributed by atoms with van der Waals surface area (Å²) in [5.41, 5.74) is 4.34. The van der Waals surface area contributed by atoms with E-state index < -0.39 is 24.4 Å². The molecule has 2 aromatic carbocycles. The molecule has 0 saturated carbocycles. The van der Waals surface area contributed by atoms with Crippen molar-refractivity contribution in [3.05, 3.63) is 53.0 Å². The van der Waals surface area contributed by atoms with Crippen molar-refractivity contribution in [2.45, 2.75) is 11.3 Å². The third kappa shape index (κ3) is 9.19. The van der Waals surface area contributed by atoms with Crippen LogP contribution in [0, 0.1) is 0 Å². The Balaban J connectivity index is 1.55. The number of hydrogen-bond donors (Lipinski definition) is 2. The van der Waals surface area contributed by atoms with Gasteiger partial charge in [-0.25, -0.2) is 0 Å². The summed E-state index contributed by atoms with van der Waals surface area (Å²) in [6.07, 6.45) is 0.150. The second-order valence-electron chi connectivity index (χ2n) is 5.77. The Hall–Kier alpha value is -2.72. The Bertz CT molecular complexity index is 845. The van der Waals surface area contributed by atoms with Gasteiger partial charge in [-0.15, -0.1) is 11.8 Å². The molecule has 0 aromatic heterocycles. The van der Waals surface area contributed by atoms with Crippen LogP contribution in [0.25, 0.3) is 0 Å². The predicted molar refractivity (Wildman–Crippen MR) is 115 cm³/mol. The number of hydrazine groups is 1. The lowest BCUT2D eigenvalue weighted by Gasteiger charge is -2.09. The lowest BCUT2D eigenvalue weighted by molar-refractivity contribution is -0.148. The molecule has 0 heterocycles. The third-order valence-electron chi connectivity index (χ3n) is 3.52. The van der Waals surface area contributed by atoms with E-state index >= 15 is 0 Å². The molecule has 10 heteroatoms. The molecule has 0 bridgehead atoms. The summed E-state index contributed by atoms with van der Waals surface area (Å²) in [6.45, 7) is -0.760. The first-order chi connectivity index (χ1) is 14.5. The van der Waals surface area contributed by atoms with Crippen LogP contribution >= 0.6 is 27.7 Å². The van der Waals surface area contributed by atoms with E-state index in [1.54, 1.807) is 31.4 Å². The quantitative estimate of drug-likeness (QED) is 0.296. The number of halogens is 1. The summed E-state index contributed by atoms with van der Waals surface area (Å²) in [5, 5.41) is 0. The van der Waals surface area contributed by atoms with Crippen LogP contribution in [0.4, 0.5) is 0 Å². The van der Waals surface area contributed by atoms with Gasteiger partial charge < -0.3 is 14.2 Å². The Morgan fingerprint density at radius 3 is 2.13 bits per heavy atom. The van der Waals surface area contributed by atoms with Crippen LogP contribution in [0.1, 0.15) is 6.42 Å². The summed E-state index contributed by atoms with van der Waals surface area (Å²) >= 11 is 4.79. The maximum Gasteiger partial charge on any atom is 0.307 e. The summed E-state index contributed by atoms with van der Waals surface area (Å²) in [6, 6.07) is 14.4. The predicted octanol–water partition coefficient (Wildman–Crippen LogP) is 2.71. The number of ether oxygens (including phenoxy) is 3. The topological polar surface area (TPSA) is 103 Å². The molecule has 0 spiro atoms. The van der Waals surface area contributed by atoms with Crippen molar-refractivity contribution in [3.63, 3.8) is 0 Å². The molecule has 0 aliphatic rings. The fraction of sp³-hybridized carbons (Fsp3) is 0.250. The first-order valence-corrected chi connectivity index (χ1v) is 10.6. The second kappa shape index (κ2) is 12.8. The van der Waals surface area contributed by atoms with Crippen molar-refractivity contribution in [2.75, 3.05) is 26.1 Å². The van der Waals surface area contributed by atoms with Gasteiger partial charge >= 0.3 is 5.97 Å². The second-order valence-corrected chi connectivity index (χ2v) is 7.86. The van der Waals surface area contributed by atoms with Crippen LogP contribution in [0.2, 0.25) is 0 Å². The zero-order chi connectivity index (χ0) is 21.8. The van der Waals surface area contributed by atoms with Crippen LogP contribution < -0.4 is 20.3 Å². The van der Waals surface area contributed by atoms with E-state index in [4.69, 9.17) is 14.2 Å². The first-order valence-electron chi connectivity index (χ1n) is 8.85. The van der Waals surface area contributed by atoms with Gasteiger partial charge in [0.25, 0.3) is 11.8 Å². The maximum absolute atomic E-state index is 11.7. The van der Waals surface area contributed by atoms with Crippen molar-refractivity contribution in [1.29, 1.82) is 0 Å². The van der Waals surface area contributed by atoms with E-state index in [9.17, 15) is 14.4 Å². The number of amides is 2. The molecule has 2 aromatic rings. The van der Waals surface area contributed by atoms with Crippen molar-refractivity contribution < 1.29 is 28.6 Å². The highest BCUT2D eigenvalue weighted by molar-refractivity contribution is 9.10. The molecule has 0 saturated heterocycles. The van der Waals surface area contributed by atoms with Crippen LogP contribution in [0.15, 0.2) is 57.9 Å². The molecular weight excluding hydrogens is 476 g/mol. The van der Waals surface area contributed by atoms with Gasteiger partial charge in [0, 0.05) is 15.1 Å². The number of methoxy groups -OCH3 is 1. The fourth-order valence-electron chi connectivity index (χ4n) is 2.03. The molecule has 2 N–H and O–H groups in total. The van der Waals surface area contributed by atoms with Crippen LogP contribution in [0.3, 0.4) is 0 Å². The smallest absolute Gasteiger partial charge is 0.307 e. The summed E-state index contributed by atoms with van der Waals surface area (Å²) in [4.78, 5) is 36.0. The monoisotopic (exact) mass is 496 g/mol. The van der Waals surface area contributed by atoms with Crippen molar-refractivity contribution in [1.82, 2.24) is 10.9 Å². The Labute approximate surface area is 186 Å². The van der Waals surface area contributed by atoms with Gasteiger partial charge in [0.1, 0.15) is 11.5 Å². The number of rotatable bonds is 10. The highest BCUT2D eigenvalue weighted by Gasteiger charge is 2.09. The molecule has 30 heavy (non-hydrogen) atoms. The van der Waals surface area contributed by atoms with E-state index in [-0.39, 0.29) is 13.0 Å². The van der Waals surface area contributed by atoms with Crippen LogP contribution in [-0.4, -0.2) is 43.9 Å². The van der Waals surface area contributed by atoms with E-state index in [0.29, 0.717) is 11.5 Å². The highest BCUT2D eigenvalue weighted by Crippen LogP contribution is 2.21. The van der Waals surface area contributed by atoms with Crippen molar-refractivity contribution in [3.8, 4) is 11.5 Å². The van der Waals surface area contributed by atoms with Gasteiger partial charge in [-0.1, -0.05) is 15.9 Å². The number of carbonyl (C=O) groups excluding carboxylic acids is 3. The molecular formula is C20H21BrN2O6S.